The lowest BCUT2D eigenvalue weighted by molar-refractivity contribution is 0.295. The van der Waals surface area contributed by atoms with Gasteiger partial charge in [0.25, 0.3) is 0 Å². The molecule has 0 aromatic carbocycles. The average Bonchev–Trinajstić information content (AvgIpc) is 1.90. The molecule has 0 unspecified atom stereocenters. The van der Waals surface area contributed by atoms with E-state index in [4.69, 9.17) is 0 Å². The molecule has 0 heterocycles. The van der Waals surface area contributed by atoms with E-state index in [0.29, 0.717) is 0 Å². The maximum atomic E-state index is 2.49. The summed E-state index contributed by atoms with van der Waals surface area (Å²) in [6.45, 7) is 10.2. The van der Waals surface area contributed by atoms with Gasteiger partial charge < -0.3 is 4.90 Å². The van der Waals surface area contributed by atoms with E-state index in [1.54, 1.807) is 0 Å². The molecule has 0 bridgehead atoms. The van der Waals surface area contributed by atoms with Crippen LogP contribution in [0.4, 0.5) is 0 Å². The number of rotatable bonds is 6. The van der Waals surface area contributed by atoms with Crippen molar-refractivity contribution in [3.8, 4) is 0 Å². The van der Waals surface area contributed by atoms with Crippen LogP contribution in [0.5, 0.6) is 0 Å². The number of hydrogen-bond acceptors (Lipinski definition) is 1. The summed E-state index contributed by atoms with van der Waals surface area (Å²) in [5.74, 6) is 0. The van der Waals surface area contributed by atoms with Crippen LogP contribution in [0.2, 0.25) is 0 Å². The second-order valence-electron chi connectivity index (χ2n) is 2.71. The van der Waals surface area contributed by atoms with E-state index in [1.807, 2.05) is 0 Å². The van der Waals surface area contributed by atoms with E-state index in [1.165, 1.54) is 25.9 Å². The lowest BCUT2D eigenvalue weighted by Gasteiger charge is -2.19. The first-order chi connectivity index (χ1) is 4.85. The zero-order valence-corrected chi connectivity index (χ0v) is 7.56. The Morgan fingerprint density at radius 1 is 1.10 bits per heavy atom. The third-order valence-electron chi connectivity index (χ3n) is 1.52. The highest BCUT2D eigenvalue weighted by Gasteiger charge is 1.98. The molecule has 0 saturated carbocycles. The van der Waals surface area contributed by atoms with E-state index in [0.717, 1.165) is 6.54 Å². The Morgan fingerprint density at radius 2 is 1.60 bits per heavy atom. The second kappa shape index (κ2) is 7.07. The summed E-state index contributed by atoms with van der Waals surface area (Å²) in [4.78, 5) is 2.49. The maximum absolute atomic E-state index is 2.49. The predicted molar refractivity (Wildman–Crippen MR) is 47.0 cm³/mol. The van der Waals surface area contributed by atoms with Gasteiger partial charge in [-0.2, -0.15) is 0 Å². The molecular formula is C9H20N. The first-order valence-electron chi connectivity index (χ1n) is 4.35. The lowest BCUT2D eigenvalue weighted by atomic mass is 10.3. The Labute approximate surface area is 65.4 Å². The molecule has 0 aromatic heterocycles. The van der Waals surface area contributed by atoms with Gasteiger partial charge >= 0.3 is 0 Å². The normalized spacial score (nSPS) is 10.8. The van der Waals surface area contributed by atoms with Crippen LogP contribution >= 0.6 is 0 Å². The molecule has 0 atom stereocenters. The first-order valence-corrected chi connectivity index (χ1v) is 4.35. The van der Waals surface area contributed by atoms with Crippen LogP contribution in [0.3, 0.4) is 0 Å². The predicted octanol–water partition coefficient (Wildman–Crippen LogP) is 2.33. The highest BCUT2D eigenvalue weighted by Crippen LogP contribution is 1.94. The summed E-state index contributed by atoms with van der Waals surface area (Å²) >= 11 is 0. The topological polar surface area (TPSA) is 3.24 Å². The van der Waals surface area contributed by atoms with Crippen LogP contribution < -0.4 is 0 Å². The van der Waals surface area contributed by atoms with Crippen molar-refractivity contribution in [1.82, 2.24) is 4.90 Å². The van der Waals surface area contributed by atoms with Crippen molar-refractivity contribution in [3.63, 3.8) is 0 Å². The summed E-state index contributed by atoms with van der Waals surface area (Å²) in [7, 11) is 0. The van der Waals surface area contributed by atoms with E-state index in [-0.39, 0.29) is 0 Å². The molecule has 0 aromatic rings. The van der Waals surface area contributed by atoms with Crippen LogP contribution in [0, 0.1) is 6.42 Å². The minimum absolute atomic E-state index is 1.15. The van der Waals surface area contributed by atoms with Gasteiger partial charge in [-0.05, 0) is 32.4 Å². The Morgan fingerprint density at radius 3 is 1.90 bits per heavy atom. The molecule has 0 amide bonds. The van der Waals surface area contributed by atoms with Gasteiger partial charge in [0.05, 0.1) is 0 Å². The first kappa shape index (κ1) is 9.96. The van der Waals surface area contributed by atoms with Crippen molar-refractivity contribution >= 4 is 0 Å². The summed E-state index contributed by atoms with van der Waals surface area (Å²) in [5.41, 5.74) is 0. The van der Waals surface area contributed by atoms with Gasteiger partial charge in [-0.25, -0.2) is 0 Å². The Balaban J connectivity index is 3.30. The molecule has 1 nitrogen and oxygen atoms in total. The van der Waals surface area contributed by atoms with Gasteiger partial charge in [0.2, 0.25) is 0 Å². The molecule has 0 aliphatic heterocycles. The third kappa shape index (κ3) is 4.80. The van der Waals surface area contributed by atoms with Crippen LogP contribution in [0.1, 0.15) is 33.6 Å². The van der Waals surface area contributed by atoms with Gasteiger partial charge in [0.1, 0.15) is 0 Å². The Kier molecular flexibility index (Phi) is 7.04. The van der Waals surface area contributed by atoms with Gasteiger partial charge in [0.15, 0.2) is 0 Å². The summed E-state index contributed by atoms with van der Waals surface area (Å²) in [5, 5.41) is 0. The van der Waals surface area contributed by atoms with Gasteiger partial charge in [-0.1, -0.05) is 20.8 Å². The fraction of sp³-hybridized carbons (Fsp3) is 0.889. The van der Waals surface area contributed by atoms with Crippen molar-refractivity contribution in [3.05, 3.63) is 6.42 Å². The van der Waals surface area contributed by atoms with Crippen LogP contribution in [0.25, 0.3) is 0 Å². The molecule has 0 aliphatic carbocycles. The van der Waals surface area contributed by atoms with E-state index >= 15 is 0 Å². The fourth-order valence-corrected chi connectivity index (χ4v) is 1.19. The summed E-state index contributed by atoms with van der Waals surface area (Å²) in [6.07, 6.45) is 4.77. The maximum Gasteiger partial charge on any atom is 0.00100 e. The molecule has 1 heteroatoms. The molecule has 0 rings (SSSR count). The third-order valence-corrected chi connectivity index (χ3v) is 1.52. The molecule has 0 N–H and O–H groups in total. The highest BCUT2D eigenvalue weighted by molar-refractivity contribution is 4.64. The van der Waals surface area contributed by atoms with Crippen LogP contribution in [0.15, 0.2) is 0 Å². The lowest BCUT2D eigenvalue weighted by Crippen LogP contribution is -2.26. The molecule has 10 heavy (non-hydrogen) atoms. The SMILES string of the molecule is C[CH]CN(CCC)CCC. The minimum atomic E-state index is 1.15. The van der Waals surface area contributed by atoms with Gasteiger partial charge in [0, 0.05) is 6.54 Å². The van der Waals surface area contributed by atoms with Crippen molar-refractivity contribution in [2.24, 2.45) is 0 Å². The Bertz CT molecular complexity index is 47.5. The molecular weight excluding hydrogens is 122 g/mol. The van der Waals surface area contributed by atoms with Gasteiger partial charge in [-0.3, -0.25) is 0 Å². The number of nitrogens with zero attached hydrogens (tertiary/aromatic N) is 1. The molecule has 0 aliphatic rings. The van der Waals surface area contributed by atoms with Crippen molar-refractivity contribution in [2.45, 2.75) is 33.6 Å². The van der Waals surface area contributed by atoms with E-state index < -0.39 is 0 Å². The zero-order valence-electron chi connectivity index (χ0n) is 7.56. The van der Waals surface area contributed by atoms with Crippen molar-refractivity contribution in [1.29, 1.82) is 0 Å². The molecule has 0 fully saturated rings. The fourth-order valence-electron chi connectivity index (χ4n) is 1.19. The highest BCUT2D eigenvalue weighted by atomic mass is 15.1. The molecule has 61 valence electrons. The van der Waals surface area contributed by atoms with Crippen molar-refractivity contribution in [2.75, 3.05) is 19.6 Å². The molecule has 0 saturated heterocycles. The quantitative estimate of drug-likeness (QED) is 0.550. The van der Waals surface area contributed by atoms with E-state index in [2.05, 4.69) is 32.1 Å². The second-order valence-corrected chi connectivity index (χ2v) is 2.71. The monoisotopic (exact) mass is 142 g/mol. The summed E-state index contributed by atoms with van der Waals surface area (Å²) < 4.78 is 0. The standard InChI is InChI=1S/C9H20N/c1-4-7-10(8-5-2)9-6-3/h4H,5-9H2,1-3H3. The Hall–Kier alpha value is -0.0400. The van der Waals surface area contributed by atoms with Crippen LogP contribution in [-0.2, 0) is 0 Å². The molecule has 0 spiro atoms. The minimum Gasteiger partial charge on any atom is -0.303 e. The summed E-state index contributed by atoms with van der Waals surface area (Å²) in [6, 6.07) is 0. The molecule has 1 radical (unpaired) electrons. The van der Waals surface area contributed by atoms with E-state index in [9.17, 15) is 0 Å². The van der Waals surface area contributed by atoms with Gasteiger partial charge in [-0.15, -0.1) is 0 Å². The number of hydrogen-bond donors (Lipinski definition) is 0. The zero-order chi connectivity index (χ0) is 7.82. The largest absolute Gasteiger partial charge is 0.303 e. The average molecular weight is 142 g/mol. The smallest absolute Gasteiger partial charge is 0.00100 e. The van der Waals surface area contributed by atoms with Crippen LogP contribution in [-0.4, -0.2) is 24.5 Å². The van der Waals surface area contributed by atoms with Crippen molar-refractivity contribution < 1.29 is 0 Å².